The summed E-state index contributed by atoms with van der Waals surface area (Å²) in [5, 5.41) is 9.79. The van der Waals surface area contributed by atoms with Gasteiger partial charge in [-0.05, 0) is 37.3 Å². The van der Waals surface area contributed by atoms with E-state index in [0.717, 1.165) is 11.1 Å². The van der Waals surface area contributed by atoms with Crippen LogP contribution < -0.4 is 0 Å². The summed E-state index contributed by atoms with van der Waals surface area (Å²) in [6, 6.07) is 8.00. The lowest BCUT2D eigenvalue weighted by Crippen LogP contribution is -1.97. The molecule has 1 rings (SSSR count). The molecule has 2 heteroatoms. The first kappa shape index (κ1) is 11.3. The largest absolute Gasteiger partial charge is 0.388 e. The Kier molecular flexibility index (Phi) is 4.23. The third-order valence-electron chi connectivity index (χ3n) is 2.04. The number of rotatable bonds is 4. The Bertz CT molecular complexity index is 303. The molecule has 0 bridgehead atoms. The van der Waals surface area contributed by atoms with Gasteiger partial charge in [0.05, 0.1) is 6.10 Å². The highest BCUT2D eigenvalue weighted by atomic mass is 32.2. The van der Waals surface area contributed by atoms with Crippen molar-refractivity contribution in [2.45, 2.75) is 24.3 Å². The summed E-state index contributed by atoms with van der Waals surface area (Å²) in [4.78, 5) is 1.22. The fourth-order valence-corrected chi connectivity index (χ4v) is 1.68. The Labute approximate surface area is 89.8 Å². The van der Waals surface area contributed by atoms with Crippen LogP contribution in [0.2, 0.25) is 0 Å². The van der Waals surface area contributed by atoms with E-state index >= 15 is 0 Å². The molecule has 14 heavy (non-hydrogen) atoms. The fourth-order valence-electron chi connectivity index (χ4n) is 1.27. The monoisotopic (exact) mass is 208 g/mol. The molecule has 1 aromatic rings. The molecule has 0 fully saturated rings. The quantitative estimate of drug-likeness (QED) is 0.604. The Hall–Kier alpha value is -0.730. The first-order valence-electron chi connectivity index (χ1n) is 4.60. The molecule has 1 unspecified atom stereocenters. The van der Waals surface area contributed by atoms with Gasteiger partial charge >= 0.3 is 0 Å². The van der Waals surface area contributed by atoms with Crippen molar-refractivity contribution >= 4 is 11.8 Å². The molecule has 1 nitrogen and oxygen atoms in total. The predicted molar refractivity (Wildman–Crippen MR) is 62.6 cm³/mol. The van der Waals surface area contributed by atoms with Crippen LogP contribution >= 0.6 is 11.8 Å². The highest BCUT2D eigenvalue weighted by Crippen LogP contribution is 2.22. The molecule has 1 atom stereocenters. The van der Waals surface area contributed by atoms with E-state index in [1.54, 1.807) is 11.8 Å². The molecule has 1 aromatic carbocycles. The van der Waals surface area contributed by atoms with Crippen molar-refractivity contribution in [3.05, 3.63) is 42.0 Å². The third-order valence-corrected chi connectivity index (χ3v) is 2.79. The van der Waals surface area contributed by atoms with E-state index < -0.39 is 6.10 Å². The van der Waals surface area contributed by atoms with E-state index in [1.165, 1.54) is 4.90 Å². The Morgan fingerprint density at radius 2 is 2.00 bits per heavy atom. The molecule has 0 amide bonds. The minimum absolute atomic E-state index is 0.414. The summed E-state index contributed by atoms with van der Waals surface area (Å²) >= 11 is 1.70. The van der Waals surface area contributed by atoms with Crippen LogP contribution in [0.5, 0.6) is 0 Å². The van der Waals surface area contributed by atoms with Gasteiger partial charge in [-0.1, -0.05) is 17.7 Å². The minimum atomic E-state index is -0.414. The maximum absolute atomic E-state index is 9.79. The molecular formula is C12H16OS. The average Bonchev–Trinajstić information content (AvgIpc) is 2.17. The first-order chi connectivity index (χ1) is 6.63. The van der Waals surface area contributed by atoms with E-state index in [4.69, 9.17) is 0 Å². The molecule has 0 aromatic heterocycles. The lowest BCUT2D eigenvalue weighted by atomic mass is 10.0. The molecular weight excluding hydrogens is 192 g/mol. The number of benzene rings is 1. The normalized spacial score (nSPS) is 12.5. The summed E-state index contributed by atoms with van der Waals surface area (Å²) in [5.41, 5.74) is 1.97. The van der Waals surface area contributed by atoms with Gasteiger partial charge in [0.25, 0.3) is 0 Å². The van der Waals surface area contributed by atoms with Gasteiger partial charge in [0.15, 0.2) is 0 Å². The molecule has 0 aliphatic heterocycles. The average molecular weight is 208 g/mol. The van der Waals surface area contributed by atoms with Crippen LogP contribution in [0.3, 0.4) is 0 Å². The third kappa shape index (κ3) is 3.20. The zero-order valence-corrected chi connectivity index (χ0v) is 9.47. The second kappa shape index (κ2) is 5.23. The van der Waals surface area contributed by atoms with E-state index in [0.29, 0.717) is 6.42 Å². The number of aliphatic hydroxyl groups is 1. The van der Waals surface area contributed by atoms with E-state index in [1.807, 2.05) is 37.4 Å². The van der Waals surface area contributed by atoms with Gasteiger partial charge in [0.2, 0.25) is 0 Å². The van der Waals surface area contributed by atoms with Crippen molar-refractivity contribution in [3.8, 4) is 0 Å². The van der Waals surface area contributed by atoms with Gasteiger partial charge in [-0.3, -0.25) is 0 Å². The van der Waals surface area contributed by atoms with Gasteiger partial charge in [-0.2, -0.15) is 0 Å². The van der Waals surface area contributed by atoms with Crippen LogP contribution in [0, 0.1) is 0 Å². The predicted octanol–water partition coefficient (Wildman–Crippen LogP) is 3.41. The summed E-state index contributed by atoms with van der Waals surface area (Å²) in [7, 11) is 0. The van der Waals surface area contributed by atoms with Crippen molar-refractivity contribution in [2.75, 3.05) is 6.26 Å². The van der Waals surface area contributed by atoms with Gasteiger partial charge in [0, 0.05) is 4.90 Å². The van der Waals surface area contributed by atoms with E-state index in [9.17, 15) is 5.11 Å². The summed E-state index contributed by atoms with van der Waals surface area (Å²) in [6.45, 7) is 5.72. The van der Waals surface area contributed by atoms with Crippen molar-refractivity contribution in [1.29, 1.82) is 0 Å². The van der Waals surface area contributed by atoms with Crippen LogP contribution in [0.4, 0.5) is 0 Å². The van der Waals surface area contributed by atoms with Crippen molar-refractivity contribution in [2.24, 2.45) is 0 Å². The van der Waals surface area contributed by atoms with Gasteiger partial charge in [-0.25, -0.2) is 0 Å². The molecule has 0 spiro atoms. The van der Waals surface area contributed by atoms with Crippen LogP contribution in [0.15, 0.2) is 41.3 Å². The van der Waals surface area contributed by atoms with Crippen LogP contribution in [0.25, 0.3) is 0 Å². The Morgan fingerprint density at radius 3 is 2.43 bits per heavy atom. The van der Waals surface area contributed by atoms with Crippen molar-refractivity contribution < 1.29 is 5.11 Å². The number of aliphatic hydroxyl groups excluding tert-OH is 1. The second-order valence-corrected chi connectivity index (χ2v) is 4.33. The molecule has 0 saturated heterocycles. The van der Waals surface area contributed by atoms with Crippen molar-refractivity contribution in [1.82, 2.24) is 0 Å². The smallest absolute Gasteiger partial charge is 0.0826 e. The van der Waals surface area contributed by atoms with Gasteiger partial charge in [0.1, 0.15) is 0 Å². The first-order valence-corrected chi connectivity index (χ1v) is 5.82. The summed E-state index contributed by atoms with van der Waals surface area (Å²) in [6.07, 6.45) is 2.26. The standard InChI is InChI=1S/C12H16OS/c1-9(2)8-12(13)10-4-6-11(14-3)7-5-10/h4-7,12-13H,1,8H2,2-3H3. The SMILES string of the molecule is C=C(C)CC(O)c1ccc(SC)cc1. The number of hydrogen-bond donors (Lipinski definition) is 1. The molecule has 76 valence electrons. The topological polar surface area (TPSA) is 20.2 Å². The second-order valence-electron chi connectivity index (χ2n) is 3.45. The van der Waals surface area contributed by atoms with Crippen molar-refractivity contribution in [3.63, 3.8) is 0 Å². The lowest BCUT2D eigenvalue weighted by Gasteiger charge is -2.10. The number of hydrogen-bond acceptors (Lipinski definition) is 2. The van der Waals surface area contributed by atoms with Gasteiger partial charge < -0.3 is 5.11 Å². The summed E-state index contributed by atoms with van der Waals surface area (Å²) in [5.74, 6) is 0. The Balaban J connectivity index is 2.71. The molecule has 0 aliphatic carbocycles. The highest BCUT2D eigenvalue weighted by Gasteiger charge is 2.06. The van der Waals surface area contributed by atoms with Crippen LogP contribution in [-0.2, 0) is 0 Å². The zero-order valence-electron chi connectivity index (χ0n) is 8.66. The maximum Gasteiger partial charge on any atom is 0.0826 e. The summed E-state index contributed by atoms with van der Waals surface area (Å²) < 4.78 is 0. The highest BCUT2D eigenvalue weighted by molar-refractivity contribution is 7.98. The number of thioether (sulfide) groups is 1. The lowest BCUT2D eigenvalue weighted by molar-refractivity contribution is 0.178. The maximum atomic E-state index is 9.79. The van der Waals surface area contributed by atoms with Gasteiger partial charge in [-0.15, -0.1) is 18.3 Å². The zero-order chi connectivity index (χ0) is 10.6. The molecule has 1 N–H and O–H groups in total. The molecule has 0 aliphatic rings. The molecule has 0 radical (unpaired) electrons. The van der Waals surface area contributed by atoms with Crippen LogP contribution in [-0.4, -0.2) is 11.4 Å². The molecule has 0 heterocycles. The van der Waals surface area contributed by atoms with E-state index in [-0.39, 0.29) is 0 Å². The Morgan fingerprint density at radius 1 is 1.43 bits per heavy atom. The minimum Gasteiger partial charge on any atom is -0.388 e. The van der Waals surface area contributed by atoms with Crippen LogP contribution in [0.1, 0.15) is 25.0 Å². The fraction of sp³-hybridized carbons (Fsp3) is 0.333. The molecule has 0 saturated carbocycles. The van der Waals surface area contributed by atoms with E-state index in [2.05, 4.69) is 6.58 Å².